The van der Waals surface area contributed by atoms with Gasteiger partial charge >= 0.3 is 5.69 Å². The highest BCUT2D eigenvalue weighted by Gasteiger charge is 2.02. The fraction of sp³-hybridized carbons (Fsp3) is 0.0833. The summed E-state index contributed by atoms with van der Waals surface area (Å²) in [5, 5.41) is 11.7. The fourth-order valence-corrected chi connectivity index (χ4v) is 1.78. The van der Waals surface area contributed by atoms with Gasteiger partial charge in [0.1, 0.15) is 17.6 Å². The Hall–Kier alpha value is -2.13. The number of aromatic nitrogens is 2. The monoisotopic (exact) mass is 304 g/mol. The number of aromatic amines is 1. The summed E-state index contributed by atoms with van der Waals surface area (Å²) in [6, 6.07) is 9.04. The van der Waals surface area contributed by atoms with Crippen LogP contribution in [0.3, 0.4) is 0 Å². The molecule has 2 N–H and O–H groups in total. The lowest BCUT2D eigenvalue weighted by Crippen LogP contribution is -2.13. The van der Waals surface area contributed by atoms with E-state index >= 15 is 0 Å². The topological polar surface area (TPSA) is 81.6 Å². The van der Waals surface area contributed by atoms with Crippen LogP contribution in [-0.4, -0.2) is 9.97 Å². The molecule has 1 aromatic heterocycles. The van der Waals surface area contributed by atoms with Crippen LogP contribution < -0.4 is 11.0 Å². The van der Waals surface area contributed by atoms with Gasteiger partial charge in [0.2, 0.25) is 0 Å². The minimum absolute atomic E-state index is 0.170. The van der Waals surface area contributed by atoms with Crippen LogP contribution in [0.25, 0.3) is 0 Å². The molecule has 0 aliphatic carbocycles. The first-order chi connectivity index (χ1) is 8.58. The van der Waals surface area contributed by atoms with Crippen molar-refractivity contribution in [1.29, 1.82) is 5.26 Å². The van der Waals surface area contributed by atoms with E-state index in [1.807, 2.05) is 31.2 Å². The van der Waals surface area contributed by atoms with Crippen molar-refractivity contribution in [3.8, 4) is 6.07 Å². The van der Waals surface area contributed by atoms with Crippen LogP contribution in [0.4, 0.5) is 11.5 Å². The van der Waals surface area contributed by atoms with Crippen LogP contribution in [0.15, 0.2) is 33.5 Å². The first kappa shape index (κ1) is 12.3. The standard InChI is InChI=1S/C12H9BrN4O/c1-7-2-3-8(4-10(7)13)15-11-5-9(6-14)16-12(18)17-11/h2-5H,1H3,(H2,15,16,17,18). The third-order valence-corrected chi connectivity index (χ3v) is 3.16. The van der Waals surface area contributed by atoms with Crippen molar-refractivity contribution in [2.24, 2.45) is 0 Å². The second kappa shape index (κ2) is 5.02. The number of aryl methyl sites for hydroxylation is 1. The van der Waals surface area contributed by atoms with Crippen molar-refractivity contribution in [1.82, 2.24) is 9.97 Å². The molecule has 6 heteroatoms. The lowest BCUT2D eigenvalue weighted by Gasteiger charge is -2.06. The molecule has 1 aromatic carbocycles. The van der Waals surface area contributed by atoms with Crippen LogP contribution in [0.5, 0.6) is 0 Å². The molecule has 2 rings (SSSR count). The summed E-state index contributed by atoms with van der Waals surface area (Å²) >= 11 is 3.42. The summed E-state index contributed by atoms with van der Waals surface area (Å²) < 4.78 is 0.956. The Labute approximate surface area is 112 Å². The van der Waals surface area contributed by atoms with Gasteiger partial charge in [-0.3, -0.25) is 4.98 Å². The lowest BCUT2D eigenvalue weighted by atomic mass is 10.2. The quantitative estimate of drug-likeness (QED) is 0.893. The van der Waals surface area contributed by atoms with E-state index in [0.717, 1.165) is 15.7 Å². The Balaban J connectivity index is 2.34. The normalized spacial score (nSPS) is 9.83. The highest BCUT2D eigenvalue weighted by Crippen LogP contribution is 2.22. The first-order valence-electron chi connectivity index (χ1n) is 5.13. The molecule has 0 aliphatic heterocycles. The third-order valence-electron chi connectivity index (χ3n) is 2.31. The van der Waals surface area contributed by atoms with E-state index in [1.165, 1.54) is 6.07 Å². The third kappa shape index (κ3) is 2.76. The van der Waals surface area contributed by atoms with Crippen LogP contribution in [0, 0.1) is 18.3 Å². The summed E-state index contributed by atoms with van der Waals surface area (Å²) in [5.74, 6) is 0.339. The summed E-state index contributed by atoms with van der Waals surface area (Å²) in [6.07, 6.45) is 0. The van der Waals surface area contributed by atoms with Crippen molar-refractivity contribution in [3.63, 3.8) is 0 Å². The molecule has 0 aliphatic rings. The van der Waals surface area contributed by atoms with Crippen LogP contribution in [0.1, 0.15) is 11.3 Å². The van der Waals surface area contributed by atoms with Crippen molar-refractivity contribution in [3.05, 3.63) is 50.5 Å². The Bertz CT molecular complexity index is 687. The van der Waals surface area contributed by atoms with Crippen molar-refractivity contribution in [2.75, 3.05) is 5.32 Å². The molecule has 0 unspecified atom stereocenters. The molecule has 0 bridgehead atoms. The number of rotatable bonds is 2. The zero-order valence-electron chi connectivity index (χ0n) is 9.49. The summed E-state index contributed by atoms with van der Waals surface area (Å²) in [7, 11) is 0. The Morgan fingerprint density at radius 1 is 1.44 bits per heavy atom. The smallest absolute Gasteiger partial charge is 0.340 e. The van der Waals surface area contributed by atoms with Gasteiger partial charge < -0.3 is 5.32 Å². The number of nitrogens with zero attached hydrogens (tertiary/aromatic N) is 2. The predicted molar refractivity (Wildman–Crippen MR) is 71.7 cm³/mol. The van der Waals surface area contributed by atoms with E-state index in [2.05, 4.69) is 31.2 Å². The van der Waals surface area contributed by atoms with Gasteiger partial charge in [-0.05, 0) is 24.6 Å². The maximum atomic E-state index is 11.2. The lowest BCUT2D eigenvalue weighted by molar-refractivity contribution is 1.06. The van der Waals surface area contributed by atoms with Gasteiger partial charge in [-0.2, -0.15) is 10.2 Å². The van der Waals surface area contributed by atoms with E-state index in [1.54, 1.807) is 0 Å². The molecule has 1 heterocycles. The van der Waals surface area contributed by atoms with Crippen LogP contribution in [-0.2, 0) is 0 Å². The molecule has 5 nitrogen and oxygen atoms in total. The van der Waals surface area contributed by atoms with E-state index < -0.39 is 5.69 Å². The van der Waals surface area contributed by atoms with Crippen molar-refractivity contribution < 1.29 is 0 Å². The molecule has 2 aromatic rings. The van der Waals surface area contributed by atoms with Gasteiger partial charge in [0.25, 0.3) is 0 Å². The maximum absolute atomic E-state index is 11.2. The number of nitrogens with one attached hydrogen (secondary N) is 2. The zero-order chi connectivity index (χ0) is 13.1. The molecule has 0 radical (unpaired) electrons. The molecule has 0 spiro atoms. The Morgan fingerprint density at radius 2 is 2.22 bits per heavy atom. The molecule has 0 saturated carbocycles. The summed E-state index contributed by atoms with van der Waals surface area (Å²) in [6.45, 7) is 1.98. The number of hydrogen-bond acceptors (Lipinski definition) is 4. The summed E-state index contributed by atoms with van der Waals surface area (Å²) in [4.78, 5) is 17.3. The fourth-order valence-electron chi connectivity index (χ4n) is 1.40. The predicted octanol–water partition coefficient (Wildman–Crippen LogP) is 2.46. The molecule has 0 atom stereocenters. The van der Waals surface area contributed by atoms with Crippen molar-refractivity contribution in [2.45, 2.75) is 6.92 Å². The summed E-state index contributed by atoms with van der Waals surface area (Å²) in [5.41, 5.74) is 1.51. The minimum Gasteiger partial charge on any atom is -0.340 e. The number of benzene rings is 1. The molecular formula is C12H9BrN4O. The molecular weight excluding hydrogens is 296 g/mol. The van der Waals surface area contributed by atoms with Gasteiger partial charge in [0.15, 0.2) is 0 Å². The number of halogens is 1. The van der Waals surface area contributed by atoms with E-state index in [-0.39, 0.29) is 5.69 Å². The van der Waals surface area contributed by atoms with Gasteiger partial charge in [-0.15, -0.1) is 0 Å². The average Bonchev–Trinajstić information content (AvgIpc) is 2.33. The average molecular weight is 305 g/mol. The highest BCUT2D eigenvalue weighted by molar-refractivity contribution is 9.10. The second-order valence-electron chi connectivity index (χ2n) is 3.69. The van der Waals surface area contributed by atoms with Crippen molar-refractivity contribution >= 4 is 27.4 Å². The Morgan fingerprint density at radius 3 is 2.89 bits per heavy atom. The zero-order valence-corrected chi connectivity index (χ0v) is 11.1. The molecule has 0 saturated heterocycles. The highest BCUT2D eigenvalue weighted by atomic mass is 79.9. The SMILES string of the molecule is Cc1ccc(Nc2cc(C#N)[nH]c(=O)n2)cc1Br. The number of anilines is 2. The van der Waals surface area contributed by atoms with Gasteiger partial charge in [-0.25, -0.2) is 4.79 Å². The molecule has 90 valence electrons. The number of nitriles is 1. The maximum Gasteiger partial charge on any atom is 0.347 e. The van der Waals surface area contributed by atoms with Gasteiger partial charge in [0.05, 0.1) is 0 Å². The van der Waals surface area contributed by atoms with Crippen LogP contribution in [0.2, 0.25) is 0 Å². The van der Waals surface area contributed by atoms with E-state index in [9.17, 15) is 4.79 Å². The molecule has 18 heavy (non-hydrogen) atoms. The number of H-pyrrole nitrogens is 1. The molecule has 0 fully saturated rings. The minimum atomic E-state index is -0.553. The second-order valence-corrected chi connectivity index (χ2v) is 4.54. The molecule has 0 amide bonds. The van der Waals surface area contributed by atoms with Gasteiger partial charge in [-0.1, -0.05) is 22.0 Å². The van der Waals surface area contributed by atoms with E-state index in [0.29, 0.717) is 5.82 Å². The number of hydrogen-bond donors (Lipinski definition) is 2. The van der Waals surface area contributed by atoms with E-state index in [4.69, 9.17) is 5.26 Å². The van der Waals surface area contributed by atoms with Crippen LogP contribution >= 0.6 is 15.9 Å². The van der Waals surface area contributed by atoms with Gasteiger partial charge in [0, 0.05) is 16.2 Å². The largest absolute Gasteiger partial charge is 0.347 e. The Kier molecular flexibility index (Phi) is 3.44. The first-order valence-corrected chi connectivity index (χ1v) is 5.92.